The number of benzene rings is 2. The number of sulfonamides is 1. The highest BCUT2D eigenvalue weighted by Crippen LogP contribution is 2.18. The van der Waals surface area contributed by atoms with Crippen molar-refractivity contribution in [3.05, 3.63) is 53.6 Å². The summed E-state index contributed by atoms with van der Waals surface area (Å²) < 4.78 is 30.3. The molecule has 0 saturated heterocycles. The van der Waals surface area contributed by atoms with Crippen LogP contribution in [0.25, 0.3) is 0 Å². The van der Waals surface area contributed by atoms with E-state index in [2.05, 4.69) is 5.32 Å². The first-order valence-electron chi connectivity index (χ1n) is 7.55. The first-order valence-corrected chi connectivity index (χ1v) is 8.99. The van der Waals surface area contributed by atoms with Crippen molar-refractivity contribution in [2.75, 3.05) is 19.4 Å². The summed E-state index contributed by atoms with van der Waals surface area (Å²) in [6.45, 7) is 0.320. The number of hydrogen-bond acceptors (Lipinski definition) is 5. The fraction of sp³-hybridized carbons (Fsp3) is 0.188. The van der Waals surface area contributed by atoms with Gasteiger partial charge in [0.15, 0.2) is 0 Å². The van der Waals surface area contributed by atoms with Gasteiger partial charge in [-0.15, -0.1) is 0 Å². The molecule has 0 radical (unpaired) electrons. The van der Waals surface area contributed by atoms with Crippen LogP contribution in [0, 0.1) is 0 Å². The van der Waals surface area contributed by atoms with E-state index in [0.29, 0.717) is 23.3 Å². The molecule has 7 nitrogen and oxygen atoms in total. The van der Waals surface area contributed by atoms with Gasteiger partial charge in [-0.25, -0.2) is 12.7 Å². The van der Waals surface area contributed by atoms with Crippen LogP contribution in [0.2, 0.25) is 0 Å². The number of fused-ring (bicyclic) bond motifs is 1. The van der Waals surface area contributed by atoms with Gasteiger partial charge in [0.1, 0.15) is 0 Å². The summed E-state index contributed by atoms with van der Waals surface area (Å²) in [4.78, 5) is 12.5. The van der Waals surface area contributed by atoms with Crippen molar-refractivity contribution in [3.63, 3.8) is 0 Å². The van der Waals surface area contributed by atoms with Crippen molar-refractivity contribution in [1.29, 1.82) is 0 Å². The van der Waals surface area contributed by atoms with Crippen molar-refractivity contribution in [2.45, 2.75) is 11.5 Å². The minimum atomic E-state index is -3.51. The minimum Gasteiger partial charge on any atom is -0.423 e. The van der Waals surface area contributed by atoms with Crippen LogP contribution in [0.15, 0.2) is 47.4 Å². The normalized spacial score (nSPS) is 13.8. The van der Waals surface area contributed by atoms with Crippen LogP contribution in [0.4, 0.5) is 5.69 Å². The molecule has 2 aromatic carbocycles. The monoisotopic (exact) mass is 360 g/mol. The van der Waals surface area contributed by atoms with E-state index in [4.69, 9.17) is 4.65 Å². The Labute approximate surface area is 146 Å². The molecule has 0 bridgehead atoms. The standard InChI is InChI=1S/C16H17BN2O5S/c1-19(2)25(22,23)14-7-5-13(6-8-14)18-16(20)11-3-4-12-10-24-17(21)15(12)9-11/h3-9,21H,10H2,1-2H3,(H,18,20). The highest BCUT2D eigenvalue weighted by atomic mass is 32.2. The predicted molar refractivity (Wildman–Crippen MR) is 94.1 cm³/mol. The Hall–Kier alpha value is -2.20. The maximum absolute atomic E-state index is 12.4. The maximum Gasteiger partial charge on any atom is 0.491 e. The van der Waals surface area contributed by atoms with Crippen LogP contribution in [-0.4, -0.2) is 44.9 Å². The summed E-state index contributed by atoms with van der Waals surface area (Å²) in [5, 5.41) is 12.4. The van der Waals surface area contributed by atoms with Crippen LogP contribution in [-0.2, 0) is 21.3 Å². The van der Waals surface area contributed by atoms with Crippen molar-refractivity contribution in [2.24, 2.45) is 0 Å². The van der Waals surface area contributed by atoms with E-state index in [0.717, 1.165) is 9.87 Å². The summed E-state index contributed by atoms with van der Waals surface area (Å²) >= 11 is 0. The number of hydrogen-bond donors (Lipinski definition) is 2. The average molecular weight is 360 g/mol. The molecule has 1 amide bonds. The second kappa shape index (κ2) is 6.60. The van der Waals surface area contributed by atoms with Gasteiger partial charge >= 0.3 is 7.12 Å². The van der Waals surface area contributed by atoms with E-state index >= 15 is 0 Å². The molecule has 2 N–H and O–H groups in total. The largest absolute Gasteiger partial charge is 0.491 e. The Kier molecular flexibility index (Phi) is 4.65. The number of carbonyl (C=O) groups is 1. The highest BCUT2D eigenvalue weighted by molar-refractivity contribution is 7.89. The highest BCUT2D eigenvalue weighted by Gasteiger charge is 2.28. The summed E-state index contributed by atoms with van der Waals surface area (Å²) in [6, 6.07) is 10.9. The first-order chi connectivity index (χ1) is 11.8. The maximum atomic E-state index is 12.4. The van der Waals surface area contributed by atoms with E-state index in [1.54, 1.807) is 18.2 Å². The molecule has 130 valence electrons. The van der Waals surface area contributed by atoms with Gasteiger partial charge in [0.2, 0.25) is 10.0 Å². The molecule has 1 heterocycles. The van der Waals surface area contributed by atoms with E-state index in [1.165, 1.54) is 38.4 Å². The molecule has 1 aliphatic rings. The Balaban J connectivity index is 1.77. The van der Waals surface area contributed by atoms with Crippen LogP contribution in [0.1, 0.15) is 15.9 Å². The van der Waals surface area contributed by atoms with Crippen LogP contribution in [0.3, 0.4) is 0 Å². The molecule has 1 aliphatic heterocycles. The van der Waals surface area contributed by atoms with Crippen LogP contribution in [0.5, 0.6) is 0 Å². The van der Waals surface area contributed by atoms with Crippen molar-refractivity contribution >= 4 is 34.2 Å². The third-order valence-corrected chi connectivity index (χ3v) is 5.79. The van der Waals surface area contributed by atoms with E-state index in [-0.39, 0.29) is 10.8 Å². The number of nitrogens with zero attached hydrogens (tertiary/aromatic N) is 1. The molecular weight excluding hydrogens is 343 g/mol. The topological polar surface area (TPSA) is 95.9 Å². The quantitative estimate of drug-likeness (QED) is 0.770. The lowest BCUT2D eigenvalue weighted by Crippen LogP contribution is -2.29. The Morgan fingerprint density at radius 1 is 1.20 bits per heavy atom. The van der Waals surface area contributed by atoms with Crippen molar-refractivity contribution in [3.8, 4) is 0 Å². The lowest BCUT2D eigenvalue weighted by Gasteiger charge is -2.12. The van der Waals surface area contributed by atoms with E-state index in [1.807, 2.05) is 0 Å². The van der Waals surface area contributed by atoms with Crippen LogP contribution >= 0.6 is 0 Å². The number of anilines is 1. The molecule has 0 saturated carbocycles. The number of amides is 1. The molecule has 2 aromatic rings. The molecule has 25 heavy (non-hydrogen) atoms. The summed E-state index contributed by atoms with van der Waals surface area (Å²) in [5.74, 6) is -0.356. The average Bonchev–Trinajstić information content (AvgIpc) is 2.96. The minimum absolute atomic E-state index is 0.147. The zero-order valence-corrected chi connectivity index (χ0v) is 14.6. The zero-order chi connectivity index (χ0) is 18.2. The molecule has 0 atom stereocenters. The lowest BCUT2D eigenvalue weighted by molar-refractivity contribution is 0.102. The molecule has 9 heteroatoms. The Bertz CT molecular complexity index is 913. The Morgan fingerprint density at radius 3 is 2.52 bits per heavy atom. The zero-order valence-electron chi connectivity index (χ0n) is 13.8. The van der Waals surface area contributed by atoms with Crippen LogP contribution < -0.4 is 10.8 Å². The second-order valence-electron chi connectivity index (χ2n) is 5.84. The molecular formula is C16H17BN2O5S. The van der Waals surface area contributed by atoms with Gasteiger partial charge in [0.05, 0.1) is 11.5 Å². The third-order valence-electron chi connectivity index (χ3n) is 3.96. The molecule has 0 fully saturated rings. The smallest absolute Gasteiger partial charge is 0.423 e. The third kappa shape index (κ3) is 3.45. The van der Waals surface area contributed by atoms with E-state index < -0.39 is 17.1 Å². The van der Waals surface area contributed by atoms with E-state index in [9.17, 15) is 18.2 Å². The second-order valence-corrected chi connectivity index (χ2v) is 7.99. The molecule has 0 aromatic heterocycles. The van der Waals surface area contributed by atoms with Crippen molar-refractivity contribution in [1.82, 2.24) is 4.31 Å². The summed E-state index contributed by atoms with van der Waals surface area (Å²) in [7, 11) is -1.61. The van der Waals surface area contributed by atoms with Crippen molar-refractivity contribution < 1.29 is 22.9 Å². The number of carbonyl (C=O) groups excluding carboxylic acids is 1. The predicted octanol–water partition coefficient (Wildman–Crippen LogP) is 0.407. The van der Waals surface area contributed by atoms with Gasteiger partial charge < -0.3 is 15.0 Å². The molecule has 0 unspecified atom stereocenters. The molecule has 0 spiro atoms. The fourth-order valence-corrected chi connectivity index (χ4v) is 3.38. The van der Waals surface area contributed by atoms with Gasteiger partial charge in [-0.2, -0.15) is 0 Å². The van der Waals surface area contributed by atoms with Gasteiger partial charge in [0.25, 0.3) is 5.91 Å². The number of rotatable bonds is 4. The summed E-state index contributed by atoms with van der Waals surface area (Å²) in [5.41, 5.74) is 2.29. The fourth-order valence-electron chi connectivity index (χ4n) is 2.48. The Morgan fingerprint density at radius 2 is 1.88 bits per heavy atom. The first kappa shape index (κ1) is 17.6. The number of nitrogens with one attached hydrogen (secondary N) is 1. The summed E-state index contributed by atoms with van der Waals surface area (Å²) in [6.07, 6.45) is 0. The van der Waals surface area contributed by atoms with Gasteiger partial charge in [-0.1, -0.05) is 6.07 Å². The van der Waals surface area contributed by atoms with Gasteiger partial charge in [0, 0.05) is 25.3 Å². The van der Waals surface area contributed by atoms with Gasteiger partial charge in [-0.3, -0.25) is 4.79 Å². The lowest BCUT2D eigenvalue weighted by atomic mass is 9.79. The SMILES string of the molecule is CN(C)S(=O)(=O)c1ccc(NC(=O)c2ccc3c(c2)B(O)OC3)cc1. The molecule has 0 aliphatic carbocycles. The molecule has 3 rings (SSSR count). The van der Waals surface area contributed by atoms with Gasteiger partial charge in [-0.05, 0) is 47.4 Å².